The maximum Gasteiger partial charge on any atom is 0.355 e. The van der Waals surface area contributed by atoms with Gasteiger partial charge in [0, 0.05) is 11.9 Å². The van der Waals surface area contributed by atoms with Crippen LogP contribution in [0.3, 0.4) is 0 Å². The molecule has 0 spiro atoms. The highest BCUT2D eigenvalue weighted by molar-refractivity contribution is 7.11. The van der Waals surface area contributed by atoms with E-state index >= 15 is 0 Å². The highest BCUT2D eigenvalue weighted by atomic mass is 32.1. The van der Waals surface area contributed by atoms with Crippen LogP contribution in [0.2, 0.25) is 0 Å². The van der Waals surface area contributed by atoms with Crippen molar-refractivity contribution in [3.63, 3.8) is 0 Å². The molecule has 1 aromatic rings. The lowest BCUT2D eigenvalue weighted by Crippen LogP contribution is -2.42. The van der Waals surface area contributed by atoms with Crippen molar-refractivity contribution in [1.29, 1.82) is 0 Å². The number of aromatic carboxylic acids is 1. The third-order valence-corrected chi connectivity index (χ3v) is 3.12. The molecule has 1 aromatic heterocycles. The molecule has 98 valence electrons. The van der Waals surface area contributed by atoms with Gasteiger partial charge in [-0.3, -0.25) is 9.59 Å². The van der Waals surface area contributed by atoms with Crippen molar-refractivity contribution >= 4 is 29.1 Å². The summed E-state index contributed by atoms with van der Waals surface area (Å²) in [6, 6.07) is 0. The number of rotatable bonds is 5. The number of carboxylic acids is 1. The van der Waals surface area contributed by atoms with Gasteiger partial charge in [0.05, 0.1) is 5.41 Å². The number of hydrogen-bond acceptors (Lipinski definition) is 5. The first-order chi connectivity index (χ1) is 8.24. The van der Waals surface area contributed by atoms with E-state index in [0.717, 1.165) is 11.3 Å². The van der Waals surface area contributed by atoms with E-state index < -0.39 is 23.2 Å². The number of carbonyl (C=O) groups is 3. The number of nitrogens with two attached hydrogens (primary N) is 1. The van der Waals surface area contributed by atoms with Crippen LogP contribution < -0.4 is 11.1 Å². The van der Waals surface area contributed by atoms with Crippen LogP contribution in [-0.2, 0) is 4.79 Å². The van der Waals surface area contributed by atoms with Crippen LogP contribution in [0, 0.1) is 5.41 Å². The zero-order valence-corrected chi connectivity index (χ0v) is 10.7. The van der Waals surface area contributed by atoms with Crippen LogP contribution >= 0.6 is 11.3 Å². The van der Waals surface area contributed by atoms with Crippen LogP contribution in [0.1, 0.15) is 34.1 Å². The van der Waals surface area contributed by atoms with E-state index in [-0.39, 0.29) is 17.2 Å². The van der Waals surface area contributed by atoms with Gasteiger partial charge in [0.2, 0.25) is 5.91 Å². The average Bonchev–Trinajstić information content (AvgIpc) is 2.75. The van der Waals surface area contributed by atoms with Crippen LogP contribution in [0.15, 0.2) is 5.38 Å². The Morgan fingerprint density at radius 3 is 2.56 bits per heavy atom. The van der Waals surface area contributed by atoms with Crippen molar-refractivity contribution in [2.24, 2.45) is 11.1 Å². The molecule has 0 atom stereocenters. The monoisotopic (exact) mass is 271 g/mol. The first kappa shape index (κ1) is 14.1. The van der Waals surface area contributed by atoms with Gasteiger partial charge in [0.15, 0.2) is 10.7 Å². The summed E-state index contributed by atoms with van der Waals surface area (Å²) >= 11 is 0.925. The summed E-state index contributed by atoms with van der Waals surface area (Å²) in [5.74, 6) is -2.25. The smallest absolute Gasteiger partial charge is 0.355 e. The molecule has 0 saturated carbocycles. The van der Waals surface area contributed by atoms with Crippen molar-refractivity contribution in [2.75, 3.05) is 6.54 Å². The van der Waals surface area contributed by atoms with E-state index in [4.69, 9.17) is 10.8 Å². The number of nitrogens with one attached hydrogen (secondary N) is 1. The number of hydrogen-bond donors (Lipinski definition) is 3. The second-order valence-electron chi connectivity index (χ2n) is 4.27. The molecule has 0 radical (unpaired) electrons. The molecular weight excluding hydrogens is 258 g/mol. The first-order valence-corrected chi connectivity index (χ1v) is 5.89. The maximum atomic E-state index is 11.6. The number of primary amides is 1. The zero-order valence-electron chi connectivity index (χ0n) is 9.89. The number of amides is 2. The van der Waals surface area contributed by atoms with Gasteiger partial charge >= 0.3 is 5.97 Å². The fourth-order valence-electron chi connectivity index (χ4n) is 0.940. The number of aromatic nitrogens is 1. The molecule has 7 nitrogen and oxygen atoms in total. The van der Waals surface area contributed by atoms with Crippen molar-refractivity contribution in [1.82, 2.24) is 10.3 Å². The molecule has 18 heavy (non-hydrogen) atoms. The molecule has 0 aliphatic carbocycles. The summed E-state index contributed by atoms with van der Waals surface area (Å²) < 4.78 is 0. The standard InChI is InChI=1S/C10H13N3O4S/c1-10(2,9(11)17)4-12-6(14)7-13-5(3-18-7)8(15)16/h3H,4H2,1-2H3,(H2,11,17)(H,12,14)(H,15,16). The summed E-state index contributed by atoms with van der Waals surface area (Å²) in [5, 5.41) is 12.5. The van der Waals surface area contributed by atoms with Gasteiger partial charge in [-0.05, 0) is 13.8 Å². The van der Waals surface area contributed by atoms with Crippen LogP contribution in [0.4, 0.5) is 0 Å². The minimum Gasteiger partial charge on any atom is -0.476 e. The summed E-state index contributed by atoms with van der Waals surface area (Å²) in [5.41, 5.74) is 4.10. The lowest BCUT2D eigenvalue weighted by molar-refractivity contribution is -0.125. The number of carbonyl (C=O) groups excluding carboxylic acids is 2. The summed E-state index contributed by atoms with van der Waals surface area (Å²) in [7, 11) is 0. The first-order valence-electron chi connectivity index (χ1n) is 5.01. The largest absolute Gasteiger partial charge is 0.476 e. The Kier molecular flexibility index (Phi) is 4.02. The third kappa shape index (κ3) is 3.27. The number of nitrogens with zero attached hydrogens (tertiary/aromatic N) is 1. The Morgan fingerprint density at radius 1 is 1.50 bits per heavy atom. The highest BCUT2D eigenvalue weighted by Crippen LogP contribution is 2.13. The van der Waals surface area contributed by atoms with Gasteiger partial charge in [-0.2, -0.15) is 0 Å². The van der Waals surface area contributed by atoms with Crippen molar-refractivity contribution in [3.8, 4) is 0 Å². The fourth-order valence-corrected chi connectivity index (χ4v) is 1.65. The predicted molar refractivity (Wildman–Crippen MR) is 64.4 cm³/mol. The highest BCUT2D eigenvalue weighted by Gasteiger charge is 2.26. The SMILES string of the molecule is CC(C)(CNC(=O)c1nc(C(=O)O)cs1)C(N)=O. The van der Waals surface area contributed by atoms with Crippen molar-refractivity contribution in [3.05, 3.63) is 16.1 Å². The van der Waals surface area contributed by atoms with E-state index in [0.29, 0.717) is 0 Å². The van der Waals surface area contributed by atoms with Crippen LogP contribution in [-0.4, -0.2) is 34.4 Å². The molecule has 0 saturated heterocycles. The molecule has 0 unspecified atom stereocenters. The van der Waals surface area contributed by atoms with Gasteiger partial charge in [0.25, 0.3) is 5.91 Å². The maximum absolute atomic E-state index is 11.6. The van der Waals surface area contributed by atoms with E-state index in [9.17, 15) is 14.4 Å². The van der Waals surface area contributed by atoms with Crippen molar-refractivity contribution < 1.29 is 19.5 Å². The second kappa shape index (κ2) is 5.13. The minimum absolute atomic E-state index is 0.0349. The lowest BCUT2D eigenvalue weighted by atomic mass is 9.93. The topological polar surface area (TPSA) is 122 Å². The molecule has 0 aliphatic heterocycles. The zero-order chi connectivity index (χ0) is 13.9. The number of carboxylic acid groups (broad SMARTS) is 1. The van der Waals surface area contributed by atoms with Gasteiger partial charge in [-0.25, -0.2) is 9.78 Å². The lowest BCUT2D eigenvalue weighted by Gasteiger charge is -2.20. The van der Waals surface area contributed by atoms with E-state index in [1.54, 1.807) is 13.8 Å². The third-order valence-electron chi connectivity index (χ3n) is 2.28. The molecule has 0 aliphatic rings. The summed E-state index contributed by atoms with van der Waals surface area (Å²) in [6.45, 7) is 3.25. The molecule has 8 heteroatoms. The molecule has 4 N–H and O–H groups in total. The van der Waals surface area contributed by atoms with E-state index in [2.05, 4.69) is 10.3 Å². The Hall–Kier alpha value is -1.96. The second-order valence-corrected chi connectivity index (χ2v) is 5.13. The van der Waals surface area contributed by atoms with Gasteiger partial charge < -0.3 is 16.2 Å². The number of thiazole rings is 1. The van der Waals surface area contributed by atoms with Crippen LogP contribution in [0.25, 0.3) is 0 Å². The Balaban J connectivity index is 2.66. The normalized spacial score (nSPS) is 11.0. The summed E-state index contributed by atoms with van der Waals surface area (Å²) in [4.78, 5) is 36.9. The molecule has 1 rings (SSSR count). The molecular formula is C10H13N3O4S. The molecule has 0 fully saturated rings. The Labute approximate surface area is 107 Å². The van der Waals surface area contributed by atoms with Gasteiger partial charge in [-0.1, -0.05) is 0 Å². The quantitative estimate of drug-likeness (QED) is 0.700. The predicted octanol–water partition coefficient (Wildman–Crippen LogP) is 0.0826. The molecule has 0 aromatic carbocycles. The molecule has 0 bridgehead atoms. The Bertz CT molecular complexity index is 495. The van der Waals surface area contributed by atoms with Gasteiger partial charge in [0.1, 0.15) is 0 Å². The molecule has 1 heterocycles. The van der Waals surface area contributed by atoms with E-state index in [1.807, 2.05) is 0 Å². The van der Waals surface area contributed by atoms with Crippen molar-refractivity contribution in [2.45, 2.75) is 13.8 Å². The average molecular weight is 271 g/mol. The Morgan fingerprint density at radius 2 is 2.11 bits per heavy atom. The summed E-state index contributed by atoms with van der Waals surface area (Å²) in [6.07, 6.45) is 0. The van der Waals surface area contributed by atoms with E-state index in [1.165, 1.54) is 5.38 Å². The fraction of sp³-hybridized carbons (Fsp3) is 0.400. The minimum atomic E-state index is -1.19. The van der Waals surface area contributed by atoms with Crippen LogP contribution in [0.5, 0.6) is 0 Å². The molecule has 2 amide bonds. The van der Waals surface area contributed by atoms with Gasteiger partial charge in [-0.15, -0.1) is 11.3 Å².